The monoisotopic (exact) mass is 416 g/mol. The highest BCUT2D eigenvalue weighted by atomic mass is 32.2. The first-order valence-corrected chi connectivity index (χ1v) is 10.3. The minimum absolute atomic E-state index is 0.134. The van der Waals surface area contributed by atoms with E-state index >= 15 is 0 Å². The number of ketones is 1. The van der Waals surface area contributed by atoms with Crippen molar-refractivity contribution in [3.8, 4) is 5.75 Å². The van der Waals surface area contributed by atoms with Crippen LogP contribution in [-0.4, -0.2) is 25.9 Å². The molecule has 1 atom stereocenters. The molecule has 6 nitrogen and oxygen atoms in total. The smallest absolute Gasteiger partial charge is 0.224 e. The number of ether oxygens (including phenoxy) is 1. The predicted octanol–water partition coefficient (Wildman–Crippen LogP) is 2.96. The molecular formula is C21H21FN2O4S. The summed E-state index contributed by atoms with van der Waals surface area (Å²) in [6.45, 7) is 1.48. The zero-order chi connectivity index (χ0) is 21.4. The first-order valence-electron chi connectivity index (χ1n) is 8.73. The molecule has 0 spiro atoms. The number of carbonyl (C=O) groups is 1. The summed E-state index contributed by atoms with van der Waals surface area (Å²) in [5, 5.41) is 5.60. The van der Waals surface area contributed by atoms with Gasteiger partial charge in [0, 0.05) is 18.8 Å². The quantitative estimate of drug-likeness (QED) is 0.626. The Labute approximate surface area is 168 Å². The molecule has 2 N–H and O–H groups in total. The van der Waals surface area contributed by atoms with E-state index in [-0.39, 0.29) is 17.0 Å². The highest BCUT2D eigenvalue weighted by molar-refractivity contribution is 7.90. The van der Waals surface area contributed by atoms with E-state index in [0.717, 1.165) is 6.07 Å². The lowest BCUT2D eigenvalue weighted by Crippen LogP contribution is -2.40. The Morgan fingerprint density at radius 1 is 1.10 bits per heavy atom. The van der Waals surface area contributed by atoms with Gasteiger partial charge in [0.2, 0.25) is 15.8 Å². The van der Waals surface area contributed by atoms with Crippen LogP contribution in [0.25, 0.3) is 0 Å². The SMILES string of the molecule is COc1ccc(C(=O)c2ccc(C(C)(c3ccccc3)S(N)(=O)=O)n2C)c(F)c1. The summed E-state index contributed by atoms with van der Waals surface area (Å²) in [5.74, 6) is -1.02. The summed E-state index contributed by atoms with van der Waals surface area (Å²) in [6, 6.07) is 15.4. The molecule has 1 aromatic heterocycles. The van der Waals surface area contributed by atoms with Crippen molar-refractivity contribution in [2.24, 2.45) is 12.2 Å². The molecule has 3 aromatic rings. The van der Waals surface area contributed by atoms with Gasteiger partial charge in [0.1, 0.15) is 16.3 Å². The maximum absolute atomic E-state index is 14.4. The Hall–Kier alpha value is -2.97. The summed E-state index contributed by atoms with van der Waals surface area (Å²) in [6.07, 6.45) is 0. The van der Waals surface area contributed by atoms with Crippen molar-refractivity contribution in [3.63, 3.8) is 0 Å². The topological polar surface area (TPSA) is 91.4 Å². The number of primary sulfonamides is 1. The molecule has 0 bridgehead atoms. The number of aromatic nitrogens is 1. The van der Waals surface area contributed by atoms with Crippen LogP contribution in [0, 0.1) is 5.82 Å². The van der Waals surface area contributed by atoms with Crippen LogP contribution in [0.5, 0.6) is 5.75 Å². The normalized spacial score (nSPS) is 13.7. The fourth-order valence-corrected chi connectivity index (χ4v) is 4.34. The van der Waals surface area contributed by atoms with Crippen molar-refractivity contribution < 1.29 is 22.3 Å². The molecule has 0 aliphatic rings. The Kier molecular flexibility index (Phi) is 5.34. The van der Waals surface area contributed by atoms with Crippen molar-refractivity contribution in [2.75, 3.05) is 7.11 Å². The number of halogens is 1. The number of benzene rings is 2. The van der Waals surface area contributed by atoms with E-state index in [1.165, 1.54) is 42.9 Å². The first kappa shape index (κ1) is 20.8. The van der Waals surface area contributed by atoms with Crippen LogP contribution in [0.2, 0.25) is 0 Å². The first-order chi connectivity index (χ1) is 13.6. The van der Waals surface area contributed by atoms with Crippen molar-refractivity contribution in [1.29, 1.82) is 0 Å². The Morgan fingerprint density at radius 3 is 2.31 bits per heavy atom. The molecule has 0 aliphatic heterocycles. The van der Waals surface area contributed by atoms with Gasteiger partial charge in [-0.05, 0) is 36.8 Å². The summed E-state index contributed by atoms with van der Waals surface area (Å²) in [4.78, 5) is 12.9. The Balaban J connectivity index is 2.14. The van der Waals surface area contributed by atoms with Crippen molar-refractivity contribution in [3.05, 3.63) is 89.0 Å². The molecule has 8 heteroatoms. The predicted molar refractivity (Wildman–Crippen MR) is 108 cm³/mol. The maximum atomic E-state index is 14.4. The fourth-order valence-electron chi connectivity index (χ4n) is 3.38. The fraction of sp³-hybridized carbons (Fsp3) is 0.190. The van der Waals surface area contributed by atoms with Gasteiger partial charge in [-0.3, -0.25) is 4.79 Å². The number of hydrogen-bond donors (Lipinski definition) is 1. The molecule has 152 valence electrons. The summed E-state index contributed by atoms with van der Waals surface area (Å²) < 4.78 is 44.3. The minimum Gasteiger partial charge on any atom is -0.497 e. The van der Waals surface area contributed by atoms with E-state index in [1.807, 2.05) is 0 Å². The van der Waals surface area contributed by atoms with E-state index in [2.05, 4.69) is 0 Å². The van der Waals surface area contributed by atoms with Crippen LogP contribution < -0.4 is 9.88 Å². The van der Waals surface area contributed by atoms with Gasteiger partial charge in [-0.2, -0.15) is 0 Å². The molecule has 0 aliphatic carbocycles. The van der Waals surface area contributed by atoms with E-state index in [9.17, 15) is 17.6 Å². The Bertz CT molecular complexity index is 1170. The summed E-state index contributed by atoms with van der Waals surface area (Å²) in [7, 11) is -1.16. The number of sulfonamides is 1. The third kappa shape index (κ3) is 3.45. The lowest BCUT2D eigenvalue weighted by Gasteiger charge is -2.29. The highest BCUT2D eigenvalue weighted by Crippen LogP contribution is 2.37. The van der Waals surface area contributed by atoms with Crippen LogP contribution in [0.15, 0.2) is 60.7 Å². The summed E-state index contributed by atoms with van der Waals surface area (Å²) in [5.41, 5.74) is 0.743. The zero-order valence-corrected chi connectivity index (χ0v) is 17.0. The lowest BCUT2D eigenvalue weighted by atomic mass is 9.96. The molecule has 2 aromatic carbocycles. The third-order valence-electron chi connectivity index (χ3n) is 5.16. The van der Waals surface area contributed by atoms with Gasteiger partial charge in [-0.1, -0.05) is 30.3 Å². The lowest BCUT2D eigenvalue weighted by molar-refractivity contribution is 0.102. The van der Waals surface area contributed by atoms with Crippen molar-refractivity contribution in [1.82, 2.24) is 4.57 Å². The molecule has 0 fully saturated rings. The largest absolute Gasteiger partial charge is 0.497 e. The van der Waals surface area contributed by atoms with E-state index < -0.39 is 26.4 Å². The van der Waals surface area contributed by atoms with Crippen LogP contribution in [0.3, 0.4) is 0 Å². The minimum atomic E-state index is -4.11. The third-order valence-corrected chi connectivity index (χ3v) is 6.74. The second-order valence-corrected chi connectivity index (χ2v) is 8.69. The average molecular weight is 416 g/mol. The molecule has 0 saturated heterocycles. The summed E-state index contributed by atoms with van der Waals surface area (Å²) >= 11 is 0. The van der Waals surface area contributed by atoms with Gasteiger partial charge in [0.05, 0.1) is 18.4 Å². The number of carbonyl (C=O) groups excluding carboxylic acids is 1. The van der Waals surface area contributed by atoms with Crippen LogP contribution in [0.1, 0.15) is 34.2 Å². The number of rotatable bonds is 6. The standard InChI is InChI=1S/C21H21FN2O4S/c1-21(29(23,26)27,14-7-5-4-6-8-14)19-12-11-18(24(19)2)20(25)16-10-9-15(28-3)13-17(16)22/h4-13H,1-3H3,(H2,23,26,27). The van der Waals surface area contributed by atoms with E-state index in [1.54, 1.807) is 37.4 Å². The second-order valence-electron chi connectivity index (χ2n) is 6.78. The van der Waals surface area contributed by atoms with Gasteiger partial charge in [-0.15, -0.1) is 0 Å². The van der Waals surface area contributed by atoms with Crippen LogP contribution in [-0.2, 0) is 21.8 Å². The molecule has 1 heterocycles. The number of nitrogens with zero attached hydrogens (tertiary/aromatic N) is 1. The molecule has 0 radical (unpaired) electrons. The van der Waals surface area contributed by atoms with Crippen LogP contribution >= 0.6 is 0 Å². The van der Waals surface area contributed by atoms with Crippen molar-refractivity contribution >= 4 is 15.8 Å². The molecule has 3 rings (SSSR count). The van der Waals surface area contributed by atoms with Crippen molar-refractivity contribution in [2.45, 2.75) is 11.7 Å². The molecule has 29 heavy (non-hydrogen) atoms. The highest BCUT2D eigenvalue weighted by Gasteiger charge is 2.43. The van der Waals surface area contributed by atoms with Gasteiger partial charge < -0.3 is 9.30 Å². The Morgan fingerprint density at radius 2 is 1.76 bits per heavy atom. The van der Waals surface area contributed by atoms with Gasteiger partial charge in [-0.25, -0.2) is 17.9 Å². The van der Waals surface area contributed by atoms with Crippen LogP contribution in [0.4, 0.5) is 4.39 Å². The molecule has 0 saturated carbocycles. The van der Waals surface area contributed by atoms with E-state index in [0.29, 0.717) is 11.3 Å². The molecular weight excluding hydrogens is 395 g/mol. The van der Waals surface area contributed by atoms with Gasteiger partial charge >= 0.3 is 0 Å². The zero-order valence-electron chi connectivity index (χ0n) is 16.2. The number of methoxy groups -OCH3 is 1. The maximum Gasteiger partial charge on any atom is 0.224 e. The number of nitrogens with two attached hydrogens (primary N) is 1. The molecule has 1 unspecified atom stereocenters. The molecule has 0 amide bonds. The second kappa shape index (κ2) is 7.46. The number of hydrogen-bond acceptors (Lipinski definition) is 4. The average Bonchev–Trinajstić information content (AvgIpc) is 3.08. The van der Waals surface area contributed by atoms with Gasteiger partial charge in [0.15, 0.2) is 0 Å². The van der Waals surface area contributed by atoms with E-state index in [4.69, 9.17) is 9.88 Å². The van der Waals surface area contributed by atoms with Gasteiger partial charge in [0.25, 0.3) is 0 Å².